The molecule has 14 heteroatoms. The number of hydrogen-bond donors (Lipinski definition) is 3. The van der Waals surface area contributed by atoms with Gasteiger partial charge in [0.05, 0.1) is 0 Å². The van der Waals surface area contributed by atoms with Crippen molar-refractivity contribution in [3.63, 3.8) is 0 Å². The van der Waals surface area contributed by atoms with E-state index in [0.29, 0.717) is 0 Å². The molecule has 1 aliphatic rings. The summed E-state index contributed by atoms with van der Waals surface area (Å²) in [6, 6.07) is 6.45. The monoisotopic (exact) mass is 593 g/mol. The molecule has 1 aromatic carbocycles. The Morgan fingerprint density at radius 3 is 1.98 bits per heavy atom. The molecule has 0 aliphatic carbocycles. The third kappa shape index (κ3) is 11.4. The molecule has 0 unspecified atom stereocenters. The van der Waals surface area contributed by atoms with Crippen molar-refractivity contribution in [2.45, 2.75) is 97.1 Å². The van der Waals surface area contributed by atoms with E-state index >= 15 is 0 Å². The minimum absolute atomic E-state index is 0.0593. The Hall–Kier alpha value is -4.20. The summed E-state index contributed by atoms with van der Waals surface area (Å²) < 4.78 is 27.2. The van der Waals surface area contributed by atoms with Gasteiger partial charge in [-0.1, -0.05) is 30.3 Å². The number of carbonyl (C=O) groups excluding carboxylic acids is 6. The number of rotatable bonds is 10. The fourth-order valence-corrected chi connectivity index (χ4v) is 4.20. The Morgan fingerprint density at radius 1 is 0.857 bits per heavy atom. The lowest BCUT2D eigenvalue weighted by atomic mass is 9.94. The summed E-state index contributed by atoms with van der Waals surface area (Å²) in [5.41, 5.74) is -0.120. The molecule has 0 saturated carbocycles. The molecule has 14 nitrogen and oxygen atoms in total. The van der Waals surface area contributed by atoms with Gasteiger partial charge in [-0.3, -0.25) is 24.0 Å². The molecular weight excluding hydrogens is 554 g/mol. The fraction of sp³-hybridized carbons (Fsp3) is 0.571. The molecule has 3 amide bonds. The summed E-state index contributed by atoms with van der Waals surface area (Å²) in [4.78, 5) is 74.0. The van der Waals surface area contributed by atoms with E-state index in [1.165, 1.54) is 6.92 Å². The van der Waals surface area contributed by atoms with Crippen molar-refractivity contribution in [2.75, 3.05) is 6.61 Å². The lowest BCUT2D eigenvalue weighted by Crippen LogP contribution is -2.70. The quantitative estimate of drug-likeness (QED) is 0.259. The Kier molecular flexibility index (Phi) is 12.3. The lowest BCUT2D eigenvalue weighted by molar-refractivity contribution is -0.228. The molecular formula is C28H39N3O11. The number of amides is 3. The molecule has 232 valence electrons. The van der Waals surface area contributed by atoms with Crippen LogP contribution in [0.1, 0.15) is 54.0 Å². The van der Waals surface area contributed by atoms with Gasteiger partial charge >= 0.3 is 24.0 Å². The molecule has 1 saturated heterocycles. The van der Waals surface area contributed by atoms with Crippen molar-refractivity contribution < 1.29 is 52.5 Å². The summed E-state index contributed by atoms with van der Waals surface area (Å²) in [5, 5.41) is 7.77. The average Bonchev–Trinajstić information content (AvgIpc) is 2.84. The minimum Gasteiger partial charge on any atom is -0.463 e. The van der Waals surface area contributed by atoms with Crippen LogP contribution in [0.2, 0.25) is 0 Å². The van der Waals surface area contributed by atoms with Gasteiger partial charge in [0.25, 0.3) is 0 Å². The van der Waals surface area contributed by atoms with Crippen LogP contribution in [0, 0.1) is 0 Å². The maximum Gasteiger partial charge on any atom is 0.408 e. The maximum atomic E-state index is 13.7. The lowest BCUT2D eigenvalue weighted by Gasteiger charge is -2.45. The van der Waals surface area contributed by atoms with Gasteiger partial charge in [0.1, 0.15) is 30.4 Å². The molecule has 1 heterocycles. The molecule has 3 N–H and O–H groups in total. The van der Waals surface area contributed by atoms with E-state index in [9.17, 15) is 28.8 Å². The van der Waals surface area contributed by atoms with Gasteiger partial charge in [0, 0.05) is 34.1 Å². The molecule has 1 fully saturated rings. The van der Waals surface area contributed by atoms with Crippen LogP contribution in [0.15, 0.2) is 30.3 Å². The van der Waals surface area contributed by atoms with E-state index in [0.717, 1.165) is 26.3 Å². The number of alkyl carbamates (subject to hydrolysis) is 1. The van der Waals surface area contributed by atoms with Crippen LogP contribution in [0.5, 0.6) is 0 Å². The molecule has 42 heavy (non-hydrogen) atoms. The largest absolute Gasteiger partial charge is 0.463 e. The standard InChI is InChI=1S/C28H39N3O11/c1-15(32)29-22-24(40-18(4)35)23(39-17(3)34)21(14-38-16(2)33)41-26(22)31-25(36)20(13-19-11-9-8-10-12-19)30-27(37)42-28(5,6)7/h8-12,20-24,26H,13-14H2,1-7H3,(H,29,32)(H,30,37)(H,31,36)/t20-,21+,22+,23+,24+,26+/m0/s1. The molecule has 0 radical (unpaired) electrons. The van der Waals surface area contributed by atoms with Crippen molar-refractivity contribution in [1.82, 2.24) is 16.0 Å². The zero-order chi connectivity index (χ0) is 31.6. The first-order chi connectivity index (χ1) is 19.6. The summed E-state index contributed by atoms with van der Waals surface area (Å²) in [5.74, 6) is -3.52. The number of ether oxygens (including phenoxy) is 5. The third-order valence-electron chi connectivity index (χ3n) is 5.69. The smallest absolute Gasteiger partial charge is 0.408 e. The molecule has 0 aromatic heterocycles. The first-order valence-electron chi connectivity index (χ1n) is 13.3. The first kappa shape index (κ1) is 34.0. The van der Waals surface area contributed by atoms with Crippen LogP contribution in [-0.4, -0.2) is 84.6 Å². The van der Waals surface area contributed by atoms with Crippen LogP contribution >= 0.6 is 0 Å². The van der Waals surface area contributed by atoms with E-state index in [1.54, 1.807) is 51.1 Å². The zero-order valence-electron chi connectivity index (χ0n) is 24.8. The molecule has 1 aromatic rings. The molecule has 2 rings (SSSR count). The van der Waals surface area contributed by atoms with Gasteiger partial charge in [-0.15, -0.1) is 0 Å². The van der Waals surface area contributed by atoms with E-state index in [4.69, 9.17) is 23.7 Å². The van der Waals surface area contributed by atoms with Gasteiger partial charge in [-0.05, 0) is 26.3 Å². The predicted molar refractivity (Wildman–Crippen MR) is 145 cm³/mol. The second-order valence-corrected chi connectivity index (χ2v) is 10.7. The maximum absolute atomic E-state index is 13.7. The number of nitrogens with one attached hydrogen (secondary N) is 3. The number of hydrogen-bond acceptors (Lipinski definition) is 11. The molecule has 0 bridgehead atoms. The van der Waals surface area contributed by atoms with Gasteiger partial charge in [0.15, 0.2) is 18.4 Å². The molecule has 1 aliphatic heterocycles. The van der Waals surface area contributed by atoms with Crippen molar-refractivity contribution in [1.29, 1.82) is 0 Å². The van der Waals surface area contributed by atoms with Crippen molar-refractivity contribution in [3.05, 3.63) is 35.9 Å². The average molecular weight is 594 g/mol. The second kappa shape index (κ2) is 15.1. The van der Waals surface area contributed by atoms with E-state index < -0.39 is 84.6 Å². The Morgan fingerprint density at radius 2 is 1.45 bits per heavy atom. The van der Waals surface area contributed by atoms with Crippen LogP contribution in [0.4, 0.5) is 4.79 Å². The predicted octanol–water partition coefficient (Wildman–Crippen LogP) is 0.895. The SMILES string of the molecule is CC(=O)N[C@@H]1[C@@H](OC(C)=O)[C@H](OC(C)=O)[C@@H](COC(C)=O)O[C@H]1NC(=O)[C@H](Cc1ccccc1)NC(=O)OC(C)(C)C. The highest BCUT2D eigenvalue weighted by atomic mass is 16.6. The van der Waals surface area contributed by atoms with Gasteiger partial charge < -0.3 is 39.6 Å². The van der Waals surface area contributed by atoms with Gasteiger partial charge in [0.2, 0.25) is 11.8 Å². The summed E-state index contributed by atoms with van der Waals surface area (Å²) >= 11 is 0. The summed E-state index contributed by atoms with van der Waals surface area (Å²) in [6.07, 6.45) is -6.08. The van der Waals surface area contributed by atoms with Gasteiger partial charge in [-0.25, -0.2) is 4.79 Å². The molecule has 6 atom stereocenters. The van der Waals surface area contributed by atoms with Crippen molar-refractivity contribution in [2.24, 2.45) is 0 Å². The second-order valence-electron chi connectivity index (χ2n) is 10.7. The Balaban J connectivity index is 2.46. The van der Waals surface area contributed by atoms with Crippen LogP contribution in [-0.2, 0) is 54.1 Å². The zero-order valence-corrected chi connectivity index (χ0v) is 24.8. The van der Waals surface area contributed by atoms with Crippen molar-refractivity contribution >= 4 is 35.8 Å². The highest BCUT2D eigenvalue weighted by Gasteiger charge is 2.51. The first-order valence-corrected chi connectivity index (χ1v) is 13.3. The van der Waals surface area contributed by atoms with E-state index in [-0.39, 0.29) is 6.42 Å². The fourth-order valence-electron chi connectivity index (χ4n) is 4.20. The number of benzene rings is 1. The van der Waals surface area contributed by atoms with Gasteiger partial charge in [-0.2, -0.15) is 0 Å². The number of esters is 3. The number of carbonyl (C=O) groups is 6. The normalized spacial score (nSPS) is 22.5. The highest BCUT2D eigenvalue weighted by Crippen LogP contribution is 2.26. The topological polar surface area (TPSA) is 185 Å². The Bertz CT molecular complexity index is 1140. The van der Waals surface area contributed by atoms with Crippen molar-refractivity contribution in [3.8, 4) is 0 Å². The summed E-state index contributed by atoms with van der Waals surface area (Å²) in [6.45, 7) is 9.15. The highest BCUT2D eigenvalue weighted by molar-refractivity contribution is 5.86. The van der Waals surface area contributed by atoms with E-state index in [2.05, 4.69) is 16.0 Å². The third-order valence-corrected chi connectivity index (χ3v) is 5.69. The Labute approximate surface area is 244 Å². The summed E-state index contributed by atoms with van der Waals surface area (Å²) in [7, 11) is 0. The van der Waals surface area contributed by atoms with Crippen LogP contribution < -0.4 is 16.0 Å². The molecule has 0 spiro atoms. The minimum atomic E-state index is -1.39. The van der Waals surface area contributed by atoms with Crippen LogP contribution in [0.3, 0.4) is 0 Å². The van der Waals surface area contributed by atoms with Crippen LogP contribution in [0.25, 0.3) is 0 Å². The van der Waals surface area contributed by atoms with E-state index in [1.807, 2.05) is 0 Å².